The van der Waals surface area contributed by atoms with Crippen molar-refractivity contribution in [3.63, 3.8) is 0 Å². The quantitative estimate of drug-likeness (QED) is 0.456. The van der Waals surface area contributed by atoms with Crippen molar-refractivity contribution in [2.75, 3.05) is 17.9 Å². The summed E-state index contributed by atoms with van der Waals surface area (Å²) in [7, 11) is 1.57. The van der Waals surface area contributed by atoms with Gasteiger partial charge in [-0.25, -0.2) is 9.07 Å². The molecule has 0 spiro atoms. The van der Waals surface area contributed by atoms with Crippen molar-refractivity contribution >= 4 is 23.4 Å². The second kappa shape index (κ2) is 8.95. The standard InChI is InChI=1S/C24H20FN5O2S/c1-32-19-9-5-8-18(14-19)26-23(31)21-20(15-10-12-17(25)13-11-15)29-30-22(27-28-24(30)33-21)16-6-3-2-4-7-16/h2-14,20-21,29H,1H3,(H,26,31)/t20-,21-/m0/s1. The molecule has 2 N–H and O–H groups in total. The number of halogens is 1. The zero-order valence-corrected chi connectivity index (χ0v) is 18.4. The van der Waals surface area contributed by atoms with Gasteiger partial charge >= 0.3 is 0 Å². The number of fused-ring (bicyclic) bond motifs is 1. The molecule has 0 radical (unpaired) electrons. The molecular formula is C24H20FN5O2S. The van der Waals surface area contributed by atoms with E-state index in [0.717, 1.165) is 11.1 Å². The molecule has 2 atom stereocenters. The third-order valence-corrected chi connectivity index (χ3v) is 6.51. The lowest BCUT2D eigenvalue weighted by atomic mass is 10.0. The van der Waals surface area contributed by atoms with Gasteiger partial charge in [0.1, 0.15) is 16.8 Å². The minimum absolute atomic E-state index is 0.217. The highest BCUT2D eigenvalue weighted by Crippen LogP contribution is 2.39. The van der Waals surface area contributed by atoms with Crippen LogP contribution in [0.1, 0.15) is 11.6 Å². The van der Waals surface area contributed by atoms with Crippen molar-refractivity contribution in [2.24, 2.45) is 0 Å². The fourth-order valence-corrected chi connectivity index (χ4v) is 4.74. The third kappa shape index (κ3) is 4.27. The first-order valence-corrected chi connectivity index (χ1v) is 11.1. The van der Waals surface area contributed by atoms with Gasteiger partial charge in [0.05, 0.1) is 13.2 Å². The van der Waals surface area contributed by atoms with E-state index in [2.05, 4.69) is 20.9 Å². The Morgan fingerprint density at radius 1 is 1.06 bits per heavy atom. The van der Waals surface area contributed by atoms with Crippen molar-refractivity contribution in [2.45, 2.75) is 16.4 Å². The van der Waals surface area contributed by atoms with E-state index < -0.39 is 11.3 Å². The Morgan fingerprint density at radius 2 is 1.85 bits per heavy atom. The Labute approximate surface area is 194 Å². The number of aromatic nitrogens is 3. The average molecular weight is 462 g/mol. The lowest BCUT2D eigenvalue weighted by Gasteiger charge is -2.33. The van der Waals surface area contributed by atoms with Gasteiger partial charge < -0.3 is 15.5 Å². The van der Waals surface area contributed by atoms with Gasteiger partial charge in [0, 0.05) is 17.3 Å². The molecule has 1 aliphatic rings. The molecule has 4 aromatic rings. The van der Waals surface area contributed by atoms with Crippen LogP contribution in [0.25, 0.3) is 11.4 Å². The van der Waals surface area contributed by atoms with E-state index in [1.807, 2.05) is 36.4 Å². The summed E-state index contributed by atoms with van der Waals surface area (Å²) in [6.45, 7) is 0. The number of ether oxygens (including phenoxy) is 1. The zero-order valence-electron chi connectivity index (χ0n) is 17.6. The molecule has 166 valence electrons. The lowest BCUT2D eigenvalue weighted by molar-refractivity contribution is -0.116. The first-order valence-electron chi connectivity index (χ1n) is 10.3. The SMILES string of the molecule is COc1cccc(NC(=O)[C@H]2Sc3nnc(-c4ccccc4)n3N[C@H]2c2ccc(F)cc2)c1. The molecule has 5 rings (SSSR count). The number of carbonyl (C=O) groups is 1. The number of rotatable bonds is 5. The topological polar surface area (TPSA) is 81.1 Å². The van der Waals surface area contributed by atoms with Crippen molar-refractivity contribution < 1.29 is 13.9 Å². The predicted octanol–water partition coefficient (Wildman–Crippen LogP) is 4.49. The summed E-state index contributed by atoms with van der Waals surface area (Å²) in [5, 5.41) is 11.6. The van der Waals surface area contributed by atoms with E-state index in [9.17, 15) is 9.18 Å². The second-order valence-corrected chi connectivity index (χ2v) is 8.53. The number of benzene rings is 3. The van der Waals surface area contributed by atoms with Gasteiger partial charge in [-0.05, 0) is 29.8 Å². The molecule has 1 aromatic heterocycles. The van der Waals surface area contributed by atoms with Gasteiger partial charge in [-0.15, -0.1) is 10.2 Å². The van der Waals surface area contributed by atoms with E-state index in [-0.39, 0.29) is 11.7 Å². The van der Waals surface area contributed by atoms with Gasteiger partial charge in [-0.1, -0.05) is 60.3 Å². The highest BCUT2D eigenvalue weighted by atomic mass is 32.2. The summed E-state index contributed by atoms with van der Waals surface area (Å²) in [4.78, 5) is 13.4. The van der Waals surface area contributed by atoms with Crippen LogP contribution in [0.2, 0.25) is 0 Å². The van der Waals surface area contributed by atoms with Crippen LogP contribution < -0.4 is 15.5 Å². The Morgan fingerprint density at radius 3 is 2.61 bits per heavy atom. The van der Waals surface area contributed by atoms with Crippen LogP contribution in [0.15, 0.2) is 84.0 Å². The summed E-state index contributed by atoms with van der Waals surface area (Å²) in [5.74, 6) is 0.724. The number of hydrogen-bond acceptors (Lipinski definition) is 6. The summed E-state index contributed by atoms with van der Waals surface area (Å²) >= 11 is 1.31. The number of amides is 1. The van der Waals surface area contributed by atoms with Gasteiger partial charge in [0.2, 0.25) is 11.1 Å². The van der Waals surface area contributed by atoms with Gasteiger partial charge in [-0.3, -0.25) is 4.79 Å². The molecule has 3 aromatic carbocycles. The molecular weight excluding hydrogens is 441 g/mol. The number of hydrogen-bond donors (Lipinski definition) is 2. The summed E-state index contributed by atoms with van der Waals surface area (Å²) in [5.41, 5.74) is 5.66. The number of methoxy groups -OCH3 is 1. The van der Waals surface area contributed by atoms with Crippen LogP contribution in [0, 0.1) is 5.82 Å². The molecule has 2 heterocycles. The van der Waals surface area contributed by atoms with Crippen molar-refractivity contribution in [1.82, 2.24) is 14.9 Å². The monoisotopic (exact) mass is 461 g/mol. The average Bonchev–Trinajstić information content (AvgIpc) is 3.27. The van der Waals surface area contributed by atoms with E-state index in [4.69, 9.17) is 4.74 Å². The number of thioether (sulfide) groups is 1. The molecule has 0 aliphatic carbocycles. The molecule has 7 nitrogen and oxygen atoms in total. The highest BCUT2D eigenvalue weighted by Gasteiger charge is 2.38. The number of carbonyl (C=O) groups excluding carboxylic acids is 1. The van der Waals surface area contributed by atoms with Crippen LogP contribution in [0.5, 0.6) is 5.75 Å². The minimum atomic E-state index is -0.581. The van der Waals surface area contributed by atoms with Crippen LogP contribution in [0.4, 0.5) is 10.1 Å². The Kier molecular flexibility index (Phi) is 5.70. The normalized spacial score (nSPS) is 17.0. The second-order valence-electron chi connectivity index (χ2n) is 7.43. The molecule has 9 heteroatoms. The first kappa shape index (κ1) is 21.0. The smallest absolute Gasteiger partial charge is 0.240 e. The molecule has 0 bridgehead atoms. The van der Waals surface area contributed by atoms with E-state index in [1.165, 1.54) is 23.9 Å². The van der Waals surface area contributed by atoms with Crippen molar-refractivity contribution in [3.05, 3.63) is 90.2 Å². The molecule has 0 fully saturated rings. The lowest BCUT2D eigenvalue weighted by Crippen LogP contribution is -2.41. The van der Waals surface area contributed by atoms with Gasteiger partial charge in [-0.2, -0.15) is 0 Å². The summed E-state index contributed by atoms with van der Waals surface area (Å²) in [6.07, 6.45) is 0. The predicted molar refractivity (Wildman–Crippen MR) is 125 cm³/mol. The molecule has 33 heavy (non-hydrogen) atoms. The van der Waals surface area contributed by atoms with Crippen LogP contribution in [-0.4, -0.2) is 33.1 Å². The Hall–Kier alpha value is -3.85. The molecule has 0 saturated heterocycles. The highest BCUT2D eigenvalue weighted by molar-refractivity contribution is 8.00. The van der Waals surface area contributed by atoms with Crippen LogP contribution in [-0.2, 0) is 4.79 Å². The van der Waals surface area contributed by atoms with Crippen LogP contribution in [0.3, 0.4) is 0 Å². The maximum Gasteiger partial charge on any atom is 0.240 e. The van der Waals surface area contributed by atoms with Gasteiger partial charge in [0.25, 0.3) is 0 Å². The van der Waals surface area contributed by atoms with E-state index in [0.29, 0.717) is 22.4 Å². The largest absolute Gasteiger partial charge is 0.497 e. The maximum atomic E-state index is 13.6. The molecule has 0 saturated carbocycles. The van der Waals surface area contributed by atoms with Crippen LogP contribution >= 0.6 is 11.8 Å². The van der Waals surface area contributed by atoms with Crippen molar-refractivity contribution in [3.8, 4) is 17.1 Å². The maximum absolute atomic E-state index is 13.6. The fourth-order valence-electron chi connectivity index (χ4n) is 3.66. The van der Waals surface area contributed by atoms with Crippen molar-refractivity contribution in [1.29, 1.82) is 0 Å². The third-order valence-electron chi connectivity index (χ3n) is 5.29. The number of anilines is 1. The number of nitrogens with zero attached hydrogens (tertiary/aromatic N) is 3. The van der Waals surface area contributed by atoms with Gasteiger partial charge in [0.15, 0.2) is 5.82 Å². The molecule has 0 unspecified atom stereocenters. The zero-order chi connectivity index (χ0) is 22.8. The Bertz CT molecular complexity index is 1280. The minimum Gasteiger partial charge on any atom is -0.497 e. The summed E-state index contributed by atoms with van der Waals surface area (Å²) < 4.78 is 20.6. The molecule has 1 aliphatic heterocycles. The molecule has 1 amide bonds. The van der Waals surface area contributed by atoms with E-state index >= 15 is 0 Å². The first-order chi connectivity index (χ1) is 16.1. The number of nitrogens with one attached hydrogen (secondary N) is 2. The summed E-state index contributed by atoms with van der Waals surface area (Å²) in [6, 6.07) is 22.5. The Balaban J connectivity index is 1.50. The van der Waals surface area contributed by atoms with E-state index in [1.54, 1.807) is 42.1 Å². The fraction of sp³-hybridized carbons (Fsp3) is 0.125.